The molecule has 12 rings (SSSR count). The van der Waals surface area contributed by atoms with Crippen molar-refractivity contribution in [3.63, 3.8) is 0 Å². The maximum Gasteiger partial charge on any atom is 0.269 e. The number of hydrogen-bond donors (Lipinski definition) is 0. The zero-order chi connectivity index (χ0) is 46.6. The fraction of sp³-hybridized carbons (Fsp3) is 0.0690. The van der Waals surface area contributed by atoms with Crippen LogP contribution < -0.4 is 9.30 Å². The van der Waals surface area contributed by atoms with E-state index in [2.05, 4.69) is 127 Å². The molecule has 0 unspecified atom stereocenters. The normalized spacial score (nSPS) is 13.2. The molecule has 0 aliphatic carbocycles. The molecule has 11 aromatic rings. The van der Waals surface area contributed by atoms with Crippen molar-refractivity contribution in [3.8, 4) is 73.2 Å². The molecule has 63 heavy (non-hydrogen) atoms. The second-order valence-electron chi connectivity index (χ2n) is 17.0. The summed E-state index contributed by atoms with van der Waals surface area (Å²) in [4.78, 5) is 4.87. The Hall–Kier alpha value is -8.02. The van der Waals surface area contributed by atoms with E-state index in [1.165, 1.54) is 5.56 Å². The predicted molar refractivity (Wildman–Crippen MR) is 256 cm³/mol. The zero-order valence-corrected chi connectivity index (χ0v) is 34.9. The van der Waals surface area contributed by atoms with E-state index in [1.54, 1.807) is 0 Å². The third-order valence-electron chi connectivity index (χ3n) is 12.2. The van der Waals surface area contributed by atoms with Gasteiger partial charge in [0.15, 0.2) is 0 Å². The molecular weight excluding hydrogens is 769 g/mol. The number of ether oxygens (including phenoxy) is 1. The molecule has 300 valence electrons. The van der Waals surface area contributed by atoms with Crippen LogP contribution in [0.2, 0.25) is 0 Å². The van der Waals surface area contributed by atoms with Gasteiger partial charge in [-0.1, -0.05) is 154 Å². The van der Waals surface area contributed by atoms with Crippen LogP contribution in [0.25, 0.3) is 94.5 Å². The van der Waals surface area contributed by atoms with Gasteiger partial charge in [-0.05, 0) is 110 Å². The molecule has 8 aromatic carbocycles. The topological polar surface area (TPSA) is 35.9 Å². The van der Waals surface area contributed by atoms with E-state index in [4.69, 9.17) is 16.6 Å². The van der Waals surface area contributed by atoms with Gasteiger partial charge in [-0.25, -0.2) is 4.98 Å². The van der Waals surface area contributed by atoms with Crippen LogP contribution in [0, 0.1) is 6.33 Å². The van der Waals surface area contributed by atoms with Crippen molar-refractivity contribution < 1.29 is 16.2 Å². The van der Waals surface area contributed by atoms with Crippen molar-refractivity contribution in [1.82, 2.24) is 14.1 Å². The van der Waals surface area contributed by atoms with Gasteiger partial charge in [0, 0.05) is 23.0 Å². The summed E-state index contributed by atoms with van der Waals surface area (Å²) >= 11 is 0. The van der Waals surface area contributed by atoms with Crippen molar-refractivity contribution in [2.24, 2.45) is 0 Å². The minimum absolute atomic E-state index is 0.0507. The minimum atomic E-state index is -0.430. The number of aromatic nitrogens is 4. The fourth-order valence-electron chi connectivity index (χ4n) is 9.32. The molecule has 0 bridgehead atoms. The van der Waals surface area contributed by atoms with E-state index < -0.39 is 6.04 Å². The van der Waals surface area contributed by atoms with Gasteiger partial charge in [-0.3, -0.25) is 13.7 Å². The molecule has 1 aliphatic rings. The van der Waals surface area contributed by atoms with Gasteiger partial charge in [0.1, 0.15) is 17.3 Å². The Morgan fingerprint density at radius 3 is 2.10 bits per heavy atom. The van der Waals surface area contributed by atoms with E-state index in [1.807, 2.05) is 83.6 Å². The lowest BCUT2D eigenvalue weighted by atomic mass is 9.85. The molecule has 5 heteroatoms. The monoisotopic (exact) mass is 815 g/mol. The summed E-state index contributed by atoms with van der Waals surface area (Å²) < 4.78 is 57.1. The summed E-state index contributed by atoms with van der Waals surface area (Å²) in [6, 6.07) is 53.6. The average molecular weight is 816 g/mol. The number of benzene rings is 8. The minimum Gasteiger partial charge on any atom is -0.458 e. The first-order valence-corrected chi connectivity index (χ1v) is 21.1. The van der Waals surface area contributed by atoms with E-state index in [0.29, 0.717) is 17.1 Å². The smallest absolute Gasteiger partial charge is 0.269 e. The Morgan fingerprint density at radius 1 is 0.571 bits per heavy atom. The summed E-state index contributed by atoms with van der Waals surface area (Å²) in [6.45, 7) is 6.64. The molecule has 0 spiro atoms. The van der Waals surface area contributed by atoms with Crippen molar-refractivity contribution >= 4 is 32.8 Å². The number of rotatable bonds is 5. The quantitative estimate of drug-likeness (QED) is 0.128. The van der Waals surface area contributed by atoms with Crippen LogP contribution in [0.4, 0.5) is 0 Å². The van der Waals surface area contributed by atoms with E-state index >= 15 is 0 Å². The van der Waals surface area contributed by atoms with Crippen molar-refractivity contribution in [2.45, 2.75) is 26.2 Å². The van der Waals surface area contributed by atoms with Gasteiger partial charge >= 0.3 is 0 Å². The Labute approximate surface area is 373 Å². The average Bonchev–Trinajstić information content (AvgIpc) is 3.92. The first-order chi connectivity index (χ1) is 33.0. The third-order valence-corrected chi connectivity index (χ3v) is 12.2. The number of nitrogens with zero attached hydrogens (tertiary/aromatic N) is 4. The summed E-state index contributed by atoms with van der Waals surface area (Å²) in [5, 5.41) is 2.24. The molecule has 0 saturated carbocycles. The lowest BCUT2D eigenvalue weighted by Gasteiger charge is -2.20. The Bertz CT molecular complexity index is 3870. The third kappa shape index (κ3) is 5.99. The highest BCUT2D eigenvalue weighted by Gasteiger charge is 2.26. The first kappa shape index (κ1) is 31.8. The van der Waals surface area contributed by atoms with Crippen molar-refractivity contribution in [1.29, 1.82) is 0 Å². The Balaban J connectivity index is 1.05. The maximum atomic E-state index is 9.13. The van der Waals surface area contributed by atoms with Gasteiger partial charge in [-0.15, -0.1) is 0 Å². The number of imidazole rings is 1. The molecule has 4 heterocycles. The van der Waals surface area contributed by atoms with Gasteiger partial charge in [0.05, 0.1) is 40.3 Å². The molecule has 0 radical (unpaired) electrons. The Morgan fingerprint density at radius 2 is 1.24 bits per heavy atom. The second-order valence-corrected chi connectivity index (χ2v) is 17.0. The van der Waals surface area contributed by atoms with Crippen LogP contribution >= 0.6 is 0 Å². The van der Waals surface area contributed by atoms with Crippen LogP contribution in [0.5, 0.6) is 11.5 Å². The summed E-state index contributed by atoms with van der Waals surface area (Å²) in [5.74, 6) is 2.16. The number of para-hydroxylation sites is 3. The molecule has 0 atom stereocenters. The van der Waals surface area contributed by atoms with Crippen molar-refractivity contribution in [3.05, 3.63) is 212 Å². The van der Waals surface area contributed by atoms with E-state index in [0.717, 1.165) is 83.4 Å². The molecule has 5 nitrogen and oxygen atoms in total. The number of hydrogen-bond acceptors (Lipinski definition) is 2. The number of pyridine rings is 1. The highest BCUT2D eigenvalue weighted by molar-refractivity contribution is 6.09. The van der Waals surface area contributed by atoms with Crippen LogP contribution in [0.1, 0.15) is 33.2 Å². The van der Waals surface area contributed by atoms with Crippen LogP contribution in [-0.2, 0) is 5.41 Å². The van der Waals surface area contributed by atoms with Crippen LogP contribution in [-0.4, -0.2) is 14.1 Å². The first-order valence-electron chi connectivity index (χ1n) is 23.6. The summed E-state index contributed by atoms with van der Waals surface area (Å²) in [5.41, 5.74) is 12.7. The SMILES string of the molecule is [2H]c1c([2H])c([2H])c(-c2cccc3c2-c2cccc4c2[n+]([c-]n4-c2cccc(Oc4ccc5c6ccccc6n(-c6cc(C(C)(C)C)ccn6)c5c4)c2)-c2ccccc2-c2ccccc2-3)c([2H])c1[2H]. The molecule has 0 fully saturated rings. The molecule has 0 saturated heterocycles. The Kier molecular flexibility index (Phi) is 7.21. The molecule has 0 amide bonds. The lowest BCUT2D eigenvalue weighted by Crippen LogP contribution is -2.30. The highest BCUT2D eigenvalue weighted by Crippen LogP contribution is 2.47. The van der Waals surface area contributed by atoms with Gasteiger partial charge in [0.2, 0.25) is 0 Å². The van der Waals surface area contributed by atoms with Gasteiger partial charge in [-0.2, -0.15) is 0 Å². The largest absolute Gasteiger partial charge is 0.458 e. The number of fused-ring (bicyclic) bond motifs is 10. The predicted octanol–water partition coefficient (Wildman–Crippen LogP) is 14.3. The van der Waals surface area contributed by atoms with Crippen molar-refractivity contribution in [2.75, 3.05) is 0 Å². The molecular formula is C58H42N4O. The second kappa shape index (κ2) is 14.3. The van der Waals surface area contributed by atoms with Gasteiger partial charge in [0.25, 0.3) is 6.33 Å². The molecule has 3 aromatic heterocycles. The standard InChI is InChI=1S/C58H42N4O/c1-58(2,3)39-32-33-59-55(34-39)62-52-28-12-10-23-47(52)48-31-30-42(36-54(48)62)63-41-19-13-18-40(35-41)60-37-61-51-27-11-9-22-46(51)44-20-7-8-21-45(44)49-25-14-24-43(38-16-5-4-6-17-38)56(49)50-26-15-29-53(60)57(50)61/h4-36H,1-3H3/i4D,5D,6D,16D,17D. The van der Waals surface area contributed by atoms with Crippen LogP contribution in [0.3, 0.4) is 0 Å². The summed E-state index contributed by atoms with van der Waals surface area (Å²) in [7, 11) is 0. The molecule has 0 N–H and O–H groups in total. The van der Waals surface area contributed by atoms with Gasteiger partial charge < -0.3 is 4.74 Å². The molecule has 1 aliphatic heterocycles. The van der Waals surface area contributed by atoms with E-state index in [9.17, 15) is 0 Å². The lowest BCUT2D eigenvalue weighted by molar-refractivity contribution is -0.571. The highest BCUT2D eigenvalue weighted by atomic mass is 16.5. The summed E-state index contributed by atoms with van der Waals surface area (Å²) in [6.07, 6.45) is 5.64. The van der Waals surface area contributed by atoms with Crippen LogP contribution in [0.15, 0.2) is 200 Å². The zero-order valence-electron chi connectivity index (χ0n) is 39.9. The fourth-order valence-corrected chi connectivity index (χ4v) is 9.32. The maximum absolute atomic E-state index is 9.13. The van der Waals surface area contributed by atoms with E-state index in [-0.39, 0.29) is 35.1 Å².